The summed E-state index contributed by atoms with van der Waals surface area (Å²) in [6.07, 6.45) is 4.35. The molecule has 0 aromatic heterocycles. The van der Waals surface area contributed by atoms with E-state index in [9.17, 15) is 9.90 Å². The fourth-order valence-electron chi connectivity index (χ4n) is 4.41. The molecule has 0 atom stereocenters. The van der Waals surface area contributed by atoms with Gasteiger partial charge in [-0.3, -0.25) is 4.79 Å². The molecule has 4 nitrogen and oxygen atoms in total. The van der Waals surface area contributed by atoms with Gasteiger partial charge in [-0.25, -0.2) is 0 Å². The largest absolute Gasteiger partial charge is 0.481 e. The van der Waals surface area contributed by atoms with E-state index in [1.807, 2.05) is 25.1 Å². The van der Waals surface area contributed by atoms with Crippen LogP contribution in [0.1, 0.15) is 54.9 Å². The summed E-state index contributed by atoms with van der Waals surface area (Å²) >= 11 is 12.0. The van der Waals surface area contributed by atoms with Crippen molar-refractivity contribution in [2.45, 2.75) is 59.4 Å². The number of benzene rings is 2. The van der Waals surface area contributed by atoms with E-state index in [-0.39, 0.29) is 5.92 Å². The monoisotopic (exact) mass is 472 g/mol. The van der Waals surface area contributed by atoms with Crippen molar-refractivity contribution in [2.75, 3.05) is 11.9 Å². The molecule has 6 heteroatoms. The minimum atomic E-state index is -0.665. The van der Waals surface area contributed by atoms with Gasteiger partial charge in [-0.15, -0.1) is 0 Å². The van der Waals surface area contributed by atoms with Gasteiger partial charge in [0.1, 0.15) is 0 Å². The highest BCUT2D eigenvalue weighted by molar-refractivity contribution is 7.80. The van der Waals surface area contributed by atoms with Crippen LogP contribution in [0.15, 0.2) is 36.4 Å². The number of rotatable bonds is 7. The highest BCUT2D eigenvalue weighted by Crippen LogP contribution is 2.30. The molecule has 32 heavy (non-hydrogen) atoms. The van der Waals surface area contributed by atoms with Crippen LogP contribution in [0.5, 0.6) is 0 Å². The lowest BCUT2D eigenvalue weighted by Crippen LogP contribution is -2.39. The van der Waals surface area contributed by atoms with E-state index in [4.69, 9.17) is 23.8 Å². The number of hydrogen-bond acceptors (Lipinski definition) is 2. The molecule has 1 aliphatic rings. The number of thiocarbonyl (C=S) groups is 1. The van der Waals surface area contributed by atoms with Crippen LogP contribution in [0.4, 0.5) is 5.69 Å². The minimum absolute atomic E-state index is 0.203. The van der Waals surface area contributed by atoms with Crippen LogP contribution < -0.4 is 5.32 Å². The van der Waals surface area contributed by atoms with Gasteiger partial charge in [0.25, 0.3) is 0 Å². The van der Waals surface area contributed by atoms with Gasteiger partial charge in [0.05, 0.1) is 5.92 Å². The van der Waals surface area contributed by atoms with Crippen molar-refractivity contribution < 1.29 is 9.90 Å². The maximum atomic E-state index is 11.3. The zero-order valence-corrected chi connectivity index (χ0v) is 20.7. The van der Waals surface area contributed by atoms with Crippen molar-refractivity contribution in [2.24, 2.45) is 11.8 Å². The van der Waals surface area contributed by atoms with Gasteiger partial charge in [-0.05, 0) is 105 Å². The van der Waals surface area contributed by atoms with E-state index in [0.29, 0.717) is 11.0 Å². The van der Waals surface area contributed by atoms with Crippen molar-refractivity contribution in [1.29, 1.82) is 0 Å². The van der Waals surface area contributed by atoms with Gasteiger partial charge in [0.2, 0.25) is 0 Å². The third kappa shape index (κ3) is 6.46. The number of nitrogens with one attached hydrogen (secondary N) is 1. The molecule has 2 aromatic rings. The summed E-state index contributed by atoms with van der Waals surface area (Å²) < 4.78 is 0. The average molecular weight is 473 g/mol. The lowest BCUT2D eigenvalue weighted by atomic mass is 9.82. The number of halogens is 1. The maximum absolute atomic E-state index is 11.3. The first-order valence-electron chi connectivity index (χ1n) is 11.4. The highest BCUT2D eigenvalue weighted by Gasteiger charge is 2.28. The lowest BCUT2D eigenvalue weighted by Gasteiger charge is -2.33. The van der Waals surface area contributed by atoms with E-state index >= 15 is 0 Å². The number of aliphatic carboxylic acids is 1. The Morgan fingerprint density at radius 1 is 1.12 bits per heavy atom. The average Bonchev–Trinajstić information content (AvgIpc) is 2.77. The fourth-order valence-corrected chi connectivity index (χ4v) is 4.78. The first kappa shape index (κ1) is 24.5. The van der Waals surface area contributed by atoms with Gasteiger partial charge >= 0.3 is 5.97 Å². The molecule has 2 N–H and O–H groups in total. The molecule has 3 rings (SSSR count). The van der Waals surface area contributed by atoms with E-state index in [0.717, 1.165) is 61.5 Å². The van der Waals surface area contributed by atoms with Crippen LogP contribution >= 0.6 is 23.8 Å². The summed E-state index contributed by atoms with van der Waals surface area (Å²) in [5, 5.41) is 14.1. The standard InChI is InChI=1S/C26H33ClN2O2S/c1-4-19-5-10-22(17(2)13-19)16-29(15-20-6-8-21(9-7-20)25(30)31)26(32)28-23-11-12-24(27)18(3)14-23/h5,10-14,20-21H,4,6-9,15-16H2,1-3H3,(H,28,32)(H,30,31). The van der Waals surface area contributed by atoms with E-state index < -0.39 is 5.97 Å². The number of aryl methyl sites for hydroxylation is 3. The minimum Gasteiger partial charge on any atom is -0.481 e. The topological polar surface area (TPSA) is 52.6 Å². The van der Waals surface area contributed by atoms with Crippen molar-refractivity contribution in [3.63, 3.8) is 0 Å². The molecule has 172 valence electrons. The Kier molecular flexibility index (Phi) is 8.55. The Bertz CT molecular complexity index is 970. The Hall–Kier alpha value is -2.11. The van der Waals surface area contributed by atoms with Gasteiger partial charge in [-0.2, -0.15) is 0 Å². The Morgan fingerprint density at radius 3 is 2.44 bits per heavy atom. The van der Waals surface area contributed by atoms with E-state index in [1.54, 1.807) is 0 Å². The van der Waals surface area contributed by atoms with Crippen molar-refractivity contribution in [1.82, 2.24) is 4.90 Å². The maximum Gasteiger partial charge on any atom is 0.306 e. The SMILES string of the molecule is CCc1ccc(CN(CC2CCC(C(=O)O)CC2)C(=S)Nc2ccc(Cl)c(C)c2)c(C)c1. The smallest absolute Gasteiger partial charge is 0.306 e. The Labute approximate surface area is 202 Å². The summed E-state index contributed by atoms with van der Waals surface area (Å²) in [4.78, 5) is 13.6. The van der Waals surface area contributed by atoms with E-state index in [1.165, 1.54) is 16.7 Å². The predicted molar refractivity (Wildman–Crippen MR) is 136 cm³/mol. The zero-order chi connectivity index (χ0) is 23.3. The first-order valence-corrected chi connectivity index (χ1v) is 12.2. The number of anilines is 1. The van der Waals surface area contributed by atoms with Crippen LogP contribution in [0.25, 0.3) is 0 Å². The van der Waals surface area contributed by atoms with Crippen LogP contribution in [-0.2, 0) is 17.8 Å². The molecule has 0 spiro atoms. The van der Waals surface area contributed by atoms with Crippen LogP contribution in [0.3, 0.4) is 0 Å². The third-order valence-corrected chi connectivity index (χ3v) is 7.33. The number of carbonyl (C=O) groups is 1. The summed E-state index contributed by atoms with van der Waals surface area (Å²) in [5.74, 6) is -0.430. The Balaban J connectivity index is 1.76. The molecule has 0 unspecified atom stereocenters. The molecular formula is C26H33ClN2O2S. The van der Waals surface area contributed by atoms with Gasteiger partial charge in [0, 0.05) is 23.8 Å². The van der Waals surface area contributed by atoms with Crippen LogP contribution in [0, 0.1) is 25.7 Å². The number of hydrogen-bond donors (Lipinski definition) is 2. The molecule has 0 bridgehead atoms. The molecule has 1 saturated carbocycles. The lowest BCUT2D eigenvalue weighted by molar-refractivity contribution is -0.143. The number of nitrogens with zero attached hydrogens (tertiary/aromatic N) is 1. The first-order chi connectivity index (χ1) is 15.3. The van der Waals surface area contributed by atoms with Crippen LogP contribution in [0.2, 0.25) is 5.02 Å². The molecule has 0 radical (unpaired) electrons. The van der Waals surface area contributed by atoms with E-state index in [2.05, 4.69) is 42.3 Å². The zero-order valence-electron chi connectivity index (χ0n) is 19.2. The quantitative estimate of drug-likeness (QED) is 0.444. The fraction of sp³-hybridized carbons (Fsp3) is 0.462. The normalized spacial score (nSPS) is 18.2. The summed E-state index contributed by atoms with van der Waals surface area (Å²) in [6, 6.07) is 12.5. The number of carboxylic acid groups (broad SMARTS) is 1. The summed E-state index contributed by atoms with van der Waals surface area (Å²) in [7, 11) is 0. The Morgan fingerprint density at radius 2 is 1.84 bits per heavy atom. The van der Waals surface area contributed by atoms with Crippen molar-refractivity contribution >= 4 is 40.6 Å². The second-order valence-corrected chi connectivity index (χ2v) is 9.74. The number of carboxylic acids is 1. The van der Waals surface area contributed by atoms with Gasteiger partial charge in [-0.1, -0.05) is 36.7 Å². The predicted octanol–water partition coefficient (Wildman–Crippen LogP) is 6.61. The highest BCUT2D eigenvalue weighted by atomic mass is 35.5. The summed E-state index contributed by atoms with van der Waals surface area (Å²) in [6.45, 7) is 7.85. The molecule has 1 fully saturated rings. The molecule has 0 saturated heterocycles. The van der Waals surface area contributed by atoms with Crippen molar-refractivity contribution in [3.05, 3.63) is 63.7 Å². The second-order valence-electron chi connectivity index (χ2n) is 8.94. The molecule has 1 aliphatic carbocycles. The molecule has 2 aromatic carbocycles. The van der Waals surface area contributed by atoms with Crippen LogP contribution in [-0.4, -0.2) is 27.6 Å². The molecule has 0 aliphatic heterocycles. The third-order valence-electron chi connectivity index (χ3n) is 6.55. The molecule has 0 amide bonds. The van der Waals surface area contributed by atoms with Gasteiger partial charge < -0.3 is 15.3 Å². The van der Waals surface area contributed by atoms with Crippen molar-refractivity contribution in [3.8, 4) is 0 Å². The molecule has 0 heterocycles. The summed E-state index contributed by atoms with van der Waals surface area (Å²) in [5.41, 5.74) is 5.80. The van der Waals surface area contributed by atoms with Gasteiger partial charge in [0.15, 0.2) is 5.11 Å². The second kappa shape index (κ2) is 11.2. The molecular weight excluding hydrogens is 440 g/mol.